The van der Waals surface area contributed by atoms with E-state index in [1.807, 2.05) is 0 Å². The van der Waals surface area contributed by atoms with Crippen molar-refractivity contribution in [1.29, 1.82) is 0 Å². The van der Waals surface area contributed by atoms with Gasteiger partial charge in [0, 0.05) is 5.69 Å². The minimum absolute atomic E-state index is 0.0753. The Hall–Kier alpha value is -2.67. The SMILES string of the molecule is O=C(CS(=O)(=O)c1ccccc1)Nc1ccc(C(=O)O)cc1. The van der Waals surface area contributed by atoms with Crippen molar-refractivity contribution in [3.63, 3.8) is 0 Å². The maximum absolute atomic E-state index is 12.0. The molecule has 2 rings (SSSR count). The van der Waals surface area contributed by atoms with E-state index in [-0.39, 0.29) is 10.5 Å². The molecule has 0 radical (unpaired) electrons. The van der Waals surface area contributed by atoms with Gasteiger partial charge in [-0.1, -0.05) is 18.2 Å². The van der Waals surface area contributed by atoms with Crippen LogP contribution in [0.25, 0.3) is 0 Å². The van der Waals surface area contributed by atoms with Crippen molar-refractivity contribution in [2.24, 2.45) is 0 Å². The van der Waals surface area contributed by atoms with Crippen molar-refractivity contribution in [3.05, 3.63) is 60.2 Å². The number of carboxylic acid groups (broad SMARTS) is 1. The fourth-order valence-electron chi connectivity index (χ4n) is 1.78. The highest BCUT2D eigenvalue weighted by Gasteiger charge is 2.19. The lowest BCUT2D eigenvalue weighted by Crippen LogP contribution is -2.23. The number of nitrogens with one attached hydrogen (secondary N) is 1. The number of benzene rings is 2. The van der Waals surface area contributed by atoms with Gasteiger partial charge in [-0.2, -0.15) is 0 Å². The smallest absolute Gasteiger partial charge is 0.335 e. The van der Waals surface area contributed by atoms with E-state index in [1.54, 1.807) is 18.2 Å². The summed E-state index contributed by atoms with van der Waals surface area (Å²) < 4.78 is 24.1. The van der Waals surface area contributed by atoms with Crippen LogP contribution < -0.4 is 5.32 Å². The molecule has 0 aliphatic rings. The van der Waals surface area contributed by atoms with Crippen LogP contribution in [0.15, 0.2) is 59.5 Å². The van der Waals surface area contributed by atoms with E-state index in [0.717, 1.165) is 0 Å². The summed E-state index contributed by atoms with van der Waals surface area (Å²) in [6, 6.07) is 13.1. The molecule has 0 aromatic heterocycles. The molecule has 0 heterocycles. The first-order valence-corrected chi connectivity index (χ1v) is 7.95. The second-order valence-corrected chi connectivity index (χ2v) is 6.49. The molecule has 0 fully saturated rings. The van der Waals surface area contributed by atoms with Crippen molar-refractivity contribution in [2.75, 3.05) is 11.1 Å². The first-order chi connectivity index (χ1) is 10.4. The molecule has 0 saturated heterocycles. The summed E-state index contributed by atoms with van der Waals surface area (Å²) in [7, 11) is -3.71. The highest BCUT2D eigenvalue weighted by atomic mass is 32.2. The van der Waals surface area contributed by atoms with Gasteiger partial charge in [-0.25, -0.2) is 13.2 Å². The Morgan fingerprint density at radius 3 is 2.09 bits per heavy atom. The number of carbonyl (C=O) groups is 2. The van der Waals surface area contributed by atoms with Crippen LogP contribution in [0, 0.1) is 0 Å². The summed E-state index contributed by atoms with van der Waals surface area (Å²) in [4.78, 5) is 22.6. The van der Waals surface area contributed by atoms with Crippen molar-refractivity contribution in [2.45, 2.75) is 4.90 Å². The molecular formula is C15H13NO5S. The van der Waals surface area contributed by atoms with Crippen LogP contribution in [0.3, 0.4) is 0 Å². The molecule has 2 N–H and O–H groups in total. The van der Waals surface area contributed by atoms with Crippen molar-refractivity contribution in [3.8, 4) is 0 Å². The van der Waals surface area contributed by atoms with Crippen LogP contribution in [0.4, 0.5) is 5.69 Å². The van der Waals surface area contributed by atoms with Gasteiger partial charge < -0.3 is 10.4 Å². The number of rotatable bonds is 5. The van der Waals surface area contributed by atoms with Gasteiger partial charge in [-0.3, -0.25) is 4.79 Å². The monoisotopic (exact) mass is 319 g/mol. The number of aromatic carboxylic acids is 1. The van der Waals surface area contributed by atoms with Gasteiger partial charge in [0.05, 0.1) is 10.5 Å². The number of hydrogen-bond acceptors (Lipinski definition) is 4. The second kappa shape index (κ2) is 6.40. The quantitative estimate of drug-likeness (QED) is 0.875. The molecule has 0 aliphatic heterocycles. The lowest BCUT2D eigenvalue weighted by molar-refractivity contribution is -0.113. The van der Waals surface area contributed by atoms with E-state index >= 15 is 0 Å². The first kappa shape index (κ1) is 15.7. The number of anilines is 1. The molecule has 2 aromatic rings. The van der Waals surface area contributed by atoms with Crippen LogP contribution in [0.2, 0.25) is 0 Å². The molecular weight excluding hydrogens is 306 g/mol. The van der Waals surface area contributed by atoms with Gasteiger partial charge in [0.2, 0.25) is 5.91 Å². The molecule has 0 saturated carbocycles. The van der Waals surface area contributed by atoms with Gasteiger partial charge in [-0.05, 0) is 36.4 Å². The van der Waals surface area contributed by atoms with Crippen LogP contribution in [0.5, 0.6) is 0 Å². The Bertz CT molecular complexity index is 782. The average molecular weight is 319 g/mol. The van der Waals surface area contributed by atoms with Crippen LogP contribution in [-0.2, 0) is 14.6 Å². The van der Waals surface area contributed by atoms with Gasteiger partial charge in [0.15, 0.2) is 9.84 Å². The Balaban J connectivity index is 2.05. The Morgan fingerprint density at radius 1 is 0.955 bits per heavy atom. The molecule has 2 aromatic carbocycles. The molecule has 6 nitrogen and oxygen atoms in total. The molecule has 1 amide bonds. The zero-order chi connectivity index (χ0) is 16.2. The predicted octanol–water partition coefficient (Wildman–Crippen LogP) is 1.80. The van der Waals surface area contributed by atoms with Crippen LogP contribution in [-0.4, -0.2) is 31.2 Å². The standard InChI is InChI=1S/C15H13NO5S/c17-14(10-22(20,21)13-4-2-1-3-5-13)16-12-8-6-11(7-9-12)15(18)19/h1-9H,10H2,(H,16,17)(H,18,19). The topological polar surface area (TPSA) is 101 Å². The van der Waals surface area contributed by atoms with E-state index in [9.17, 15) is 18.0 Å². The van der Waals surface area contributed by atoms with Crippen molar-refractivity contribution < 1.29 is 23.1 Å². The summed E-state index contributed by atoms with van der Waals surface area (Å²) in [5, 5.41) is 11.2. The number of hydrogen-bond donors (Lipinski definition) is 2. The molecule has 0 bridgehead atoms. The van der Waals surface area contributed by atoms with Crippen molar-refractivity contribution in [1.82, 2.24) is 0 Å². The molecule has 0 aliphatic carbocycles. The second-order valence-electron chi connectivity index (χ2n) is 4.50. The van der Waals surface area contributed by atoms with E-state index in [1.165, 1.54) is 36.4 Å². The van der Waals surface area contributed by atoms with E-state index in [0.29, 0.717) is 5.69 Å². The predicted molar refractivity (Wildman–Crippen MR) is 80.5 cm³/mol. The number of carbonyl (C=O) groups excluding carboxylic acids is 1. The van der Waals surface area contributed by atoms with Gasteiger partial charge in [-0.15, -0.1) is 0 Å². The Labute approximate surface area is 127 Å². The van der Waals surface area contributed by atoms with Crippen LogP contribution in [0.1, 0.15) is 10.4 Å². The highest BCUT2D eigenvalue weighted by Crippen LogP contribution is 2.12. The van der Waals surface area contributed by atoms with Gasteiger partial charge in [0.25, 0.3) is 0 Å². The number of carboxylic acids is 1. The third-order valence-electron chi connectivity index (χ3n) is 2.84. The van der Waals surface area contributed by atoms with Crippen molar-refractivity contribution >= 4 is 27.4 Å². The van der Waals surface area contributed by atoms with Gasteiger partial charge >= 0.3 is 5.97 Å². The zero-order valence-corrected chi connectivity index (χ0v) is 12.2. The maximum atomic E-state index is 12.0. The zero-order valence-electron chi connectivity index (χ0n) is 11.4. The maximum Gasteiger partial charge on any atom is 0.335 e. The van der Waals surface area contributed by atoms with Gasteiger partial charge in [0.1, 0.15) is 5.75 Å². The lowest BCUT2D eigenvalue weighted by atomic mass is 10.2. The molecule has 0 atom stereocenters. The molecule has 0 unspecified atom stereocenters. The molecule has 114 valence electrons. The minimum atomic E-state index is -3.71. The first-order valence-electron chi connectivity index (χ1n) is 6.29. The number of sulfone groups is 1. The molecule has 0 spiro atoms. The van der Waals surface area contributed by atoms with Crippen LogP contribution >= 0.6 is 0 Å². The fraction of sp³-hybridized carbons (Fsp3) is 0.0667. The van der Waals surface area contributed by atoms with E-state index in [2.05, 4.69) is 5.32 Å². The average Bonchev–Trinajstić information content (AvgIpc) is 2.48. The normalized spacial score (nSPS) is 10.9. The fourth-order valence-corrected chi connectivity index (χ4v) is 2.93. The summed E-state index contributed by atoms with van der Waals surface area (Å²) in [5.41, 5.74) is 0.410. The lowest BCUT2D eigenvalue weighted by Gasteiger charge is -2.06. The minimum Gasteiger partial charge on any atom is -0.478 e. The van der Waals surface area contributed by atoms with E-state index in [4.69, 9.17) is 5.11 Å². The third kappa shape index (κ3) is 3.92. The summed E-state index contributed by atoms with van der Waals surface area (Å²) in [6.45, 7) is 0. The largest absolute Gasteiger partial charge is 0.478 e. The summed E-state index contributed by atoms with van der Waals surface area (Å²) in [6.07, 6.45) is 0. The summed E-state index contributed by atoms with van der Waals surface area (Å²) in [5.74, 6) is -2.45. The molecule has 22 heavy (non-hydrogen) atoms. The third-order valence-corrected chi connectivity index (χ3v) is 4.47. The Kier molecular flexibility index (Phi) is 4.57. The number of amides is 1. The van der Waals surface area contributed by atoms with E-state index < -0.39 is 27.5 Å². The molecule has 7 heteroatoms. The Morgan fingerprint density at radius 2 is 1.55 bits per heavy atom. The highest BCUT2D eigenvalue weighted by molar-refractivity contribution is 7.92. The summed E-state index contributed by atoms with van der Waals surface area (Å²) >= 11 is 0.